The Morgan fingerprint density at radius 2 is 1.76 bits per heavy atom. The van der Waals surface area contributed by atoms with Crippen molar-refractivity contribution in [3.05, 3.63) is 53.8 Å². The quantitative estimate of drug-likeness (QED) is 0.554. The lowest BCUT2D eigenvalue weighted by molar-refractivity contribution is -0.119. The Labute approximate surface area is 196 Å². The molecule has 3 rings (SSSR count). The molecule has 180 valence electrons. The molecular weight excluding hydrogens is 441 g/mol. The second-order valence-corrected chi connectivity index (χ2v) is 10.9. The monoisotopic (exact) mass is 475 g/mol. The standard InChI is InChI=1S/C25H34FN3O3S/c1-5-18(2)29(33(31,32)23-13-10-21(26)11-14-23)17-20-16-22(12-15-24(20)28(3)4)27-25(30)19-8-6-7-9-19/h10-16,18-19H,5-9,17H2,1-4H3,(H,27,30)/t18-/m1/s1. The van der Waals surface area contributed by atoms with Gasteiger partial charge in [-0.1, -0.05) is 19.8 Å². The van der Waals surface area contributed by atoms with E-state index in [0.717, 1.165) is 49.1 Å². The number of halogens is 1. The summed E-state index contributed by atoms with van der Waals surface area (Å²) < 4.78 is 41.8. The Balaban J connectivity index is 1.95. The number of carbonyl (C=O) groups excluding carboxylic acids is 1. The zero-order valence-corrected chi connectivity index (χ0v) is 20.7. The number of benzene rings is 2. The van der Waals surface area contributed by atoms with Gasteiger partial charge in [-0.3, -0.25) is 4.79 Å². The lowest BCUT2D eigenvalue weighted by Gasteiger charge is -2.30. The highest BCUT2D eigenvalue weighted by Crippen LogP contribution is 2.30. The van der Waals surface area contributed by atoms with Gasteiger partial charge in [0.15, 0.2) is 0 Å². The molecule has 0 heterocycles. The first-order chi connectivity index (χ1) is 15.6. The number of sulfonamides is 1. The highest BCUT2D eigenvalue weighted by atomic mass is 32.2. The minimum Gasteiger partial charge on any atom is -0.377 e. The molecule has 8 heteroatoms. The van der Waals surface area contributed by atoms with Crippen molar-refractivity contribution in [2.24, 2.45) is 5.92 Å². The Morgan fingerprint density at radius 3 is 2.33 bits per heavy atom. The lowest BCUT2D eigenvalue weighted by Crippen LogP contribution is -2.38. The van der Waals surface area contributed by atoms with Gasteiger partial charge in [0, 0.05) is 44.0 Å². The summed E-state index contributed by atoms with van der Waals surface area (Å²) in [4.78, 5) is 14.6. The number of rotatable bonds is 9. The third-order valence-corrected chi connectivity index (χ3v) is 8.36. The van der Waals surface area contributed by atoms with Crippen LogP contribution in [0.25, 0.3) is 0 Å². The van der Waals surface area contributed by atoms with Crippen molar-refractivity contribution in [2.45, 2.75) is 63.4 Å². The van der Waals surface area contributed by atoms with E-state index in [2.05, 4.69) is 5.32 Å². The number of nitrogens with one attached hydrogen (secondary N) is 1. The molecule has 0 aromatic heterocycles. The van der Waals surface area contributed by atoms with Gasteiger partial charge in [-0.25, -0.2) is 12.8 Å². The Morgan fingerprint density at radius 1 is 1.12 bits per heavy atom. The van der Waals surface area contributed by atoms with Crippen molar-refractivity contribution >= 4 is 27.3 Å². The third kappa shape index (κ3) is 5.92. The zero-order chi connectivity index (χ0) is 24.2. The van der Waals surface area contributed by atoms with Crippen LogP contribution in [-0.2, 0) is 21.4 Å². The maximum absolute atomic E-state index is 13.5. The van der Waals surface area contributed by atoms with Crippen molar-refractivity contribution < 1.29 is 17.6 Å². The molecule has 2 aromatic rings. The summed E-state index contributed by atoms with van der Waals surface area (Å²) in [7, 11) is -0.0571. The molecular formula is C25H34FN3O3S. The molecule has 33 heavy (non-hydrogen) atoms. The lowest BCUT2D eigenvalue weighted by atomic mass is 10.1. The SMILES string of the molecule is CC[C@@H](C)N(Cc1cc(NC(=O)C2CCCC2)ccc1N(C)C)S(=O)(=O)c1ccc(F)cc1. The molecule has 1 atom stereocenters. The second-order valence-electron chi connectivity index (χ2n) is 8.97. The van der Waals surface area contributed by atoms with Crippen molar-refractivity contribution in [3.8, 4) is 0 Å². The molecule has 0 bridgehead atoms. The molecule has 0 unspecified atom stereocenters. The Kier molecular flexibility index (Phi) is 8.13. The first kappa shape index (κ1) is 25.2. The molecule has 1 aliphatic carbocycles. The van der Waals surface area contributed by atoms with E-state index in [-0.39, 0.29) is 29.3 Å². The molecule has 2 aromatic carbocycles. The maximum Gasteiger partial charge on any atom is 0.243 e. The number of carbonyl (C=O) groups is 1. The van der Waals surface area contributed by atoms with Crippen molar-refractivity contribution in [2.75, 3.05) is 24.3 Å². The molecule has 1 amide bonds. The first-order valence-electron chi connectivity index (χ1n) is 11.5. The van der Waals surface area contributed by atoms with Gasteiger partial charge in [-0.05, 0) is 74.2 Å². The van der Waals surface area contributed by atoms with E-state index in [9.17, 15) is 17.6 Å². The normalized spacial score (nSPS) is 15.6. The van der Waals surface area contributed by atoms with Crippen LogP contribution in [-0.4, -0.2) is 38.8 Å². The van der Waals surface area contributed by atoms with Crippen molar-refractivity contribution in [3.63, 3.8) is 0 Å². The number of hydrogen-bond donors (Lipinski definition) is 1. The van der Waals surface area contributed by atoms with Gasteiger partial charge in [0.1, 0.15) is 5.82 Å². The smallest absolute Gasteiger partial charge is 0.243 e. The van der Waals surface area contributed by atoms with E-state index in [0.29, 0.717) is 12.1 Å². The Bertz CT molecular complexity index is 1060. The van der Waals surface area contributed by atoms with Crippen LogP contribution in [0.1, 0.15) is 51.5 Å². The largest absolute Gasteiger partial charge is 0.377 e. The van der Waals surface area contributed by atoms with E-state index < -0.39 is 15.8 Å². The molecule has 0 spiro atoms. The van der Waals surface area contributed by atoms with E-state index in [1.807, 2.05) is 51.0 Å². The summed E-state index contributed by atoms with van der Waals surface area (Å²) in [6.07, 6.45) is 4.59. The van der Waals surface area contributed by atoms with Crippen molar-refractivity contribution in [1.82, 2.24) is 4.31 Å². The first-order valence-corrected chi connectivity index (χ1v) is 13.0. The van der Waals surface area contributed by atoms with Gasteiger partial charge >= 0.3 is 0 Å². The third-order valence-electron chi connectivity index (χ3n) is 6.38. The topological polar surface area (TPSA) is 69.7 Å². The minimum absolute atomic E-state index is 0.0220. The number of anilines is 2. The number of hydrogen-bond acceptors (Lipinski definition) is 4. The highest BCUT2D eigenvalue weighted by molar-refractivity contribution is 7.89. The summed E-state index contributed by atoms with van der Waals surface area (Å²) in [6, 6.07) is 10.3. The number of amides is 1. The molecule has 6 nitrogen and oxygen atoms in total. The van der Waals surface area contributed by atoms with Crippen molar-refractivity contribution in [1.29, 1.82) is 0 Å². The molecule has 1 aliphatic rings. The average Bonchev–Trinajstić information content (AvgIpc) is 3.32. The van der Waals surface area contributed by atoms with E-state index in [1.165, 1.54) is 16.4 Å². The predicted molar refractivity (Wildman–Crippen MR) is 130 cm³/mol. The van der Waals surface area contributed by atoms with E-state index >= 15 is 0 Å². The van der Waals surface area contributed by atoms with Crippen LogP contribution in [0.3, 0.4) is 0 Å². The summed E-state index contributed by atoms with van der Waals surface area (Å²) in [5.41, 5.74) is 2.32. The van der Waals surface area contributed by atoms with Crippen LogP contribution in [0.4, 0.5) is 15.8 Å². The molecule has 0 aliphatic heterocycles. The molecule has 1 saturated carbocycles. The summed E-state index contributed by atoms with van der Waals surface area (Å²) >= 11 is 0. The number of nitrogens with zero attached hydrogens (tertiary/aromatic N) is 2. The van der Waals surface area contributed by atoms with Gasteiger partial charge in [0.25, 0.3) is 0 Å². The summed E-state index contributed by atoms with van der Waals surface area (Å²) in [5, 5.41) is 3.02. The molecule has 1 N–H and O–H groups in total. The van der Waals surface area contributed by atoms with E-state index in [1.54, 1.807) is 0 Å². The Hall–Kier alpha value is -2.45. The summed E-state index contributed by atoms with van der Waals surface area (Å²) in [5.74, 6) is -0.421. The maximum atomic E-state index is 13.5. The van der Waals surface area contributed by atoms with Gasteiger partial charge < -0.3 is 10.2 Å². The van der Waals surface area contributed by atoms with Crippen LogP contribution >= 0.6 is 0 Å². The van der Waals surface area contributed by atoms with Gasteiger partial charge in [0.05, 0.1) is 4.90 Å². The predicted octanol–water partition coefficient (Wildman–Crippen LogP) is 5.01. The molecule has 0 saturated heterocycles. The molecule has 1 fully saturated rings. The van der Waals surface area contributed by atoms with Crippen LogP contribution in [0.5, 0.6) is 0 Å². The van der Waals surface area contributed by atoms with Crippen LogP contribution in [0.2, 0.25) is 0 Å². The fourth-order valence-corrected chi connectivity index (χ4v) is 5.93. The minimum atomic E-state index is -3.86. The summed E-state index contributed by atoms with van der Waals surface area (Å²) in [6.45, 7) is 3.93. The fourth-order valence-electron chi connectivity index (χ4n) is 4.25. The van der Waals surface area contributed by atoms with Gasteiger partial charge in [-0.15, -0.1) is 0 Å². The van der Waals surface area contributed by atoms with E-state index in [4.69, 9.17) is 0 Å². The van der Waals surface area contributed by atoms with Gasteiger partial charge in [0.2, 0.25) is 15.9 Å². The molecule has 0 radical (unpaired) electrons. The van der Waals surface area contributed by atoms with Gasteiger partial charge in [-0.2, -0.15) is 4.31 Å². The highest BCUT2D eigenvalue weighted by Gasteiger charge is 2.30. The second kappa shape index (κ2) is 10.7. The fraction of sp³-hybridized carbons (Fsp3) is 0.480. The van der Waals surface area contributed by atoms with Crippen LogP contribution < -0.4 is 10.2 Å². The average molecular weight is 476 g/mol. The zero-order valence-electron chi connectivity index (χ0n) is 19.8. The van der Waals surface area contributed by atoms with Crippen LogP contribution in [0, 0.1) is 11.7 Å². The van der Waals surface area contributed by atoms with Crippen LogP contribution in [0.15, 0.2) is 47.4 Å².